The molecule has 0 radical (unpaired) electrons. The molecule has 1 amide bonds. The lowest BCUT2D eigenvalue weighted by atomic mass is 10.3. The highest BCUT2D eigenvalue weighted by Crippen LogP contribution is 2.07. The van der Waals surface area contributed by atoms with E-state index in [0.717, 1.165) is 5.69 Å². The van der Waals surface area contributed by atoms with Crippen molar-refractivity contribution in [3.63, 3.8) is 0 Å². The summed E-state index contributed by atoms with van der Waals surface area (Å²) in [6, 6.07) is 3.39. The molecule has 0 fully saturated rings. The number of hydrogen-bond acceptors (Lipinski definition) is 4. The van der Waals surface area contributed by atoms with Crippen LogP contribution in [0.3, 0.4) is 0 Å². The van der Waals surface area contributed by atoms with Crippen molar-refractivity contribution >= 4 is 17.6 Å². The molecular weight excluding hydrogens is 208 g/mol. The van der Waals surface area contributed by atoms with E-state index in [-0.39, 0.29) is 18.9 Å². The van der Waals surface area contributed by atoms with Crippen molar-refractivity contribution in [1.29, 1.82) is 0 Å². The second-order valence-corrected chi connectivity index (χ2v) is 3.22. The molecule has 1 N–H and O–H groups in total. The number of rotatable bonds is 4. The number of carbonyl (C=O) groups excluding carboxylic acids is 2. The fourth-order valence-corrected chi connectivity index (χ4v) is 1.17. The Bertz CT molecular complexity index is 391. The summed E-state index contributed by atoms with van der Waals surface area (Å²) in [5.41, 5.74) is 1.43. The van der Waals surface area contributed by atoms with Crippen LogP contribution in [-0.2, 0) is 14.3 Å². The zero-order chi connectivity index (χ0) is 12.0. The Kier molecular flexibility index (Phi) is 4.44. The van der Waals surface area contributed by atoms with E-state index in [9.17, 15) is 9.59 Å². The molecule has 0 aliphatic carbocycles. The molecule has 0 atom stereocenters. The number of nitrogens with zero attached hydrogens (tertiary/aromatic N) is 1. The first kappa shape index (κ1) is 12.2. The lowest BCUT2D eigenvalue weighted by Gasteiger charge is -2.05. The Morgan fingerprint density at radius 2 is 2.25 bits per heavy atom. The average molecular weight is 222 g/mol. The van der Waals surface area contributed by atoms with Crippen LogP contribution in [0.15, 0.2) is 18.3 Å². The SMILES string of the molecule is CCOC(=O)CC(=O)Nc1ccnc(C)c1. The number of carbonyl (C=O) groups is 2. The number of pyridine rings is 1. The van der Waals surface area contributed by atoms with Crippen molar-refractivity contribution in [2.45, 2.75) is 20.3 Å². The van der Waals surface area contributed by atoms with Gasteiger partial charge in [-0.05, 0) is 26.0 Å². The third-order valence-corrected chi connectivity index (χ3v) is 1.79. The van der Waals surface area contributed by atoms with E-state index in [1.54, 1.807) is 25.3 Å². The van der Waals surface area contributed by atoms with Gasteiger partial charge in [0.1, 0.15) is 6.42 Å². The maximum absolute atomic E-state index is 11.4. The van der Waals surface area contributed by atoms with Gasteiger partial charge in [-0.1, -0.05) is 0 Å². The summed E-state index contributed by atoms with van der Waals surface area (Å²) in [7, 11) is 0. The quantitative estimate of drug-likeness (QED) is 0.615. The maximum atomic E-state index is 11.4. The summed E-state index contributed by atoms with van der Waals surface area (Å²) in [6.45, 7) is 3.80. The van der Waals surface area contributed by atoms with Crippen LogP contribution in [0.2, 0.25) is 0 Å². The molecule has 1 heterocycles. The highest BCUT2D eigenvalue weighted by Gasteiger charge is 2.10. The largest absolute Gasteiger partial charge is 0.466 e. The lowest BCUT2D eigenvalue weighted by molar-refractivity contribution is -0.145. The number of amides is 1. The van der Waals surface area contributed by atoms with Gasteiger partial charge in [-0.2, -0.15) is 0 Å². The Morgan fingerprint density at radius 1 is 1.50 bits per heavy atom. The Hall–Kier alpha value is -1.91. The second kappa shape index (κ2) is 5.85. The summed E-state index contributed by atoms with van der Waals surface area (Å²) < 4.78 is 4.66. The molecular formula is C11H14N2O3. The van der Waals surface area contributed by atoms with Crippen molar-refractivity contribution in [2.24, 2.45) is 0 Å². The number of nitrogens with one attached hydrogen (secondary N) is 1. The van der Waals surface area contributed by atoms with Crippen LogP contribution < -0.4 is 5.32 Å². The van der Waals surface area contributed by atoms with Crippen LogP contribution in [-0.4, -0.2) is 23.5 Å². The van der Waals surface area contributed by atoms with Gasteiger partial charge in [-0.15, -0.1) is 0 Å². The van der Waals surface area contributed by atoms with E-state index in [2.05, 4.69) is 15.0 Å². The van der Waals surface area contributed by atoms with Gasteiger partial charge >= 0.3 is 5.97 Å². The van der Waals surface area contributed by atoms with Gasteiger partial charge in [0.15, 0.2) is 0 Å². The Morgan fingerprint density at radius 3 is 2.88 bits per heavy atom. The minimum Gasteiger partial charge on any atom is -0.466 e. The van der Waals surface area contributed by atoms with E-state index in [4.69, 9.17) is 0 Å². The zero-order valence-corrected chi connectivity index (χ0v) is 9.32. The normalized spacial score (nSPS) is 9.62. The van der Waals surface area contributed by atoms with Crippen LogP contribution in [0.25, 0.3) is 0 Å². The fourth-order valence-electron chi connectivity index (χ4n) is 1.17. The van der Waals surface area contributed by atoms with Crippen LogP contribution in [0.1, 0.15) is 19.0 Å². The molecule has 0 bridgehead atoms. The number of aryl methyl sites for hydroxylation is 1. The van der Waals surface area contributed by atoms with Gasteiger partial charge in [0.05, 0.1) is 6.61 Å². The van der Waals surface area contributed by atoms with Crippen LogP contribution in [0, 0.1) is 6.92 Å². The minimum absolute atomic E-state index is 0.269. The van der Waals surface area contributed by atoms with Crippen LogP contribution in [0.5, 0.6) is 0 Å². The molecule has 16 heavy (non-hydrogen) atoms. The van der Waals surface area contributed by atoms with E-state index in [1.165, 1.54) is 0 Å². The first-order chi connectivity index (χ1) is 7.61. The number of esters is 1. The molecule has 0 aromatic carbocycles. The molecule has 1 rings (SSSR count). The second-order valence-electron chi connectivity index (χ2n) is 3.22. The number of ether oxygens (including phenoxy) is 1. The molecule has 1 aromatic heterocycles. The first-order valence-corrected chi connectivity index (χ1v) is 5.00. The predicted octanol–water partition coefficient (Wildman–Crippen LogP) is 1.28. The molecule has 0 saturated carbocycles. The summed E-state index contributed by atoms with van der Waals surface area (Å²) in [5, 5.41) is 2.59. The standard InChI is InChI=1S/C11H14N2O3/c1-3-16-11(15)7-10(14)13-9-4-5-12-8(2)6-9/h4-6H,3,7H2,1-2H3,(H,12,13,14). The molecule has 86 valence electrons. The maximum Gasteiger partial charge on any atom is 0.315 e. The summed E-state index contributed by atoms with van der Waals surface area (Å²) >= 11 is 0. The van der Waals surface area contributed by atoms with E-state index < -0.39 is 5.97 Å². The molecule has 0 spiro atoms. The first-order valence-electron chi connectivity index (χ1n) is 5.00. The van der Waals surface area contributed by atoms with E-state index in [1.807, 2.05) is 6.92 Å². The third kappa shape index (κ3) is 4.08. The predicted molar refractivity (Wildman–Crippen MR) is 58.9 cm³/mol. The van der Waals surface area contributed by atoms with Crippen LogP contribution >= 0.6 is 0 Å². The highest BCUT2D eigenvalue weighted by atomic mass is 16.5. The molecule has 5 nitrogen and oxygen atoms in total. The molecule has 5 heteroatoms. The molecule has 1 aromatic rings. The van der Waals surface area contributed by atoms with Gasteiger partial charge in [0, 0.05) is 17.6 Å². The molecule has 0 aliphatic rings. The monoisotopic (exact) mass is 222 g/mol. The van der Waals surface area contributed by atoms with Gasteiger partial charge in [-0.3, -0.25) is 14.6 Å². The van der Waals surface area contributed by atoms with Crippen LogP contribution in [0.4, 0.5) is 5.69 Å². The highest BCUT2D eigenvalue weighted by molar-refractivity contribution is 6.01. The summed E-state index contributed by atoms with van der Waals surface area (Å²) in [6.07, 6.45) is 1.32. The lowest BCUT2D eigenvalue weighted by Crippen LogP contribution is -2.18. The molecule has 0 aliphatic heterocycles. The number of hydrogen-bond donors (Lipinski definition) is 1. The topological polar surface area (TPSA) is 68.3 Å². The van der Waals surface area contributed by atoms with Crippen molar-refractivity contribution in [1.82, 2.24) is 4.98 Å². The van der Waals surface area contributed by atoms with Gasteiger partial charge in [-0.25, -0.2) is 0 Å². The van der Waals surface area contributed by atoms with Crippen molar-refractivity contribution < 1.29 is 14.3 Å². The van der Waals surface area contributed by atoms with Crippen molar-refractivity contribution in [2.75, 3.05) is 11.9 Å². The molecule has 0 unspecified atom stereocenters. The van der Waals surface area contributed by atoms with Crippen molar-refractivity contribution in [3.8, 4) is 0 Å². The summed E-state index contributed by atoms with van der Waals surface area (Å²) in [4.78, 5) is 26.4. The number of aromatic nitrogens is 1. The Balaban J connectivity index is 2.48. The van der Waals surface area contributed by atoms with Crippen molar-refractivity contribution in [3.05, 3.63) is 24.0 Å². The van der Waals surface area contributed by atoms with E-state index in [0.29, 0.717) is 5.69 Å². The summed E-state index contributed by atoms with van der Waals surface area (Å²) in [5.74, 6) is -0.908. The number of anilines is 1. The van der Waals surface area contributed by atoms with Gasteiger partial charge < -0.3 is 10.1 Å². The van der Waals surface area contributed by atoms with E-state index >= 15 is 0 Å². The van der Waals surface area contributed by atoms with Gasteiger partial charge in [0.2, 0.25) is 5.91 Å². The Labute approximate surface area is 93.8 Å². The minimum atomic E-state index is -0.522. The fraction of sp³-hybridized carbons (Fsp3) is 0.364. The van der Waals surface area contributed by atoms with Gasteiger partial charge in [0.25, 0.3) is 0 Å². The third-order valence-electron chi connectivity index (χ3n) is 1.79. The molecule has 0 saturated heterocycles. The zero-order valence-electron chi connectivity index (χ0n) is 9.32. The average Bonchev–Trinajstić information content (AvgIpc) is 2.17. The smallest absolute Gasteiger partial charge is 0.315 e.